The van der Waals surface area contributed by atoms with Gasteiger partial charge in [-0.2, -0.15) is 5.10 Å². The fourth-order valence-corrected chi connectivity index (χ4v) is 3.16. The van der Waals surface area contributed by atoms with Crippen LogP contribution < -0.4 is 4.90 Å². The molecule has 23 heavy (non-hydrogen) atoms. The highest BCUT2D eigenvalue weighted by Gasteiger charge is 2.25. The molecule has 2 aromatic heterocycles. The van der Waals surface area contributed by atoms with Crippen molar-refractivity contribution in [3.8, 4) is 0 Å². The Bertz CT molecular complexity index is 884. The molecular formula is C18H18N4O. The summed E-state index contributed by atoms with van der Waals surface area (Å²) < 4.78 is 1.66. The molecule has 0 fully saturated rings. The van der Waals surface area contributed by atoms with Crippen LogP contribution in [0.1, 0.15) is 34.5 Å². The molecule has 0 radical (unpaired) electrons. The highest BCUT2D eigenvalue weighted by atomic mass is 16.2. The normalized spacial score (nSPS) is 14.6. The van der Waals surface area contributed by atoms with Crippen LogP contribution in [0.3, 0.4) is 0 Å². The molecule has 5 nitrogen and oxygen atoms in total. The molecule has 0 spiro atoms. The van der Waals surface area contributed by atoms with E-state index in [1.807, 2.05) is 42.3 Å². The number of anilines is 1. The number of carbonyl (C=O) groups excluding carboxylic acids is 1. The molecule has 5 heteroatoms. The summed E-state index contributed by atoms with van der Waals surface area (Å²) in [6.45, 7) is 2.65. The Morgan fingerprint density at radius 2 is 2.04 bits per heavy atom. The van der Waals surface area contributed by atoms with Crippen LogP contribution in [0.2, 0.25) is 0 Å². The lowest BCUT2D eigenvalue weighted by molar-refractivity contribution is 0.0988. The van der Waals surface area contributed by atoms with Gasteiger partial charge in [0, 0.05) is 24.1 Å². The molecule has 0 aliphatic carbocycles. The first-order chi connectivity index (χ1) is 11.2. The minimum Gasteiger partial charge on any atom is -0.308 e. The molecule has 116 valence electrons. The standard InChI is InChI=1S/C18H18N4O/c1-13-9-11-22-17(20-13)15(12-19-22)18(23)21-10-5-4-7-14-6-2-3-8-16(14)21/h2-3,6,8-9,11-12H,4-5,7,10H2,1H3. The summed E-state index contributed by atoms with van der Waals surface area (Å²) in [7, 11) is 0. The molecule has 0 unspecified atom stereocenters. The number of aryl methyl sites for hydroxylation is 2. The molecule has 1 aliphatic rings. The molecule has 3 heterocycles. The second kappa shape index (κ2) is 5.50. The van der Waals surface area contributed by atoms with Gasteiger partial charge in [-0.25, -0.2) is 9.50 Å². The van der Waals surface area contributed by atoms with Crippen LogP contribution >= 0.6 is 0 Å². The van der Waals surface area contributed by atoms with E-state index in [1.54, 1.807) is 10.7 Å². The number of para-hydroxylation sites is 1. The van der Waals surface area contributed by atoms with Crippen LogP contribution in [0.5, 0.6) is 0 Å². The van der Waals surface area contributed by atoms with Gasteiger partial charge in [0.05, 0.1) is 6.20 Å². The third-order valence-electron chi connectivity index (χ3n) is 4.34. The predicted molar refractivity (Wildman–Crippen MR) is 88.8 cm³/mol. The van der Waals surface area contributed by atoms with Crippen LogP contribution in [-0.4, -0.2) is 27.0 Å². The topological polar surface area (TPSA) is 50.5 Å². The molecule has 1 aromatic carbocycles. The first-order valence-corrected chi connectivity index (χ1v) is 7.95. The zero-order valence-electron chi connectivity index (χ0n) is 13.1. The van der Waals surface area contributed by atoms with E-state index < -0.39 is 0 Å². The number of nitrogens with zero attached hydrogens (tertiary/aromatic N) is 4. The molecule has 0 atom stereocenters. The van der Waals surface area contributed by atoms with Gasteiger partial charge in [0.15, 0.2) is 5.65 Å². The number of carbonyl (C=O) groups is 1. The summed E-state index contributed by atoms with van der Waals surface area (Å²) in [5, 5.41) is 4.26. The number of amides is 1. The van der Waals surface area contributed by atoms with Crippen LogP contribution in [0, 0.1) is 6.92 Å². The van der Waals surface area contributed by atoms with E-state index in [9.17, 15) is 4.79 Å². The van der Waals surface area contributed by atoms with Gasteiger partial charge in [0.2, 0.25) is 0 Å². The summed E-state index contributed by atoms with van der Waals surface area (Å²) in [6, 6.07) is 10.0. The molecule has 0 N–H and O–H groups in total. The maximum Gasteiger partial charge on any atom is 0.263 e. The van der Waals surface area contributed by atoms with Gasteiger partial charge < -0.3 is 4.90 Å². The lowest BCUT2D eigenvalue weighted by atomic mass is 10.1. The van der Waals surface area contributed by atoms with Crippen molar-refractivity contribution in [2.45, 2.75) is 26.2 Å². The third kappa shape index (κ3) is 2.38. The van der Waals surface area contributed by atoms with Gasteiger partial charge >= 0.3 is 0 Å². The Kier molecular flexibility index (Phi) is 3.33. The second-order valence-corrected chi connectivity index (χ2v) is 5.94. The molecule has 0 saturated heterocycles. The maximum absolute atomic E-state index is 13.1. The minimum atomic E-state index is -0.0209. The van der Waals surface area contributed by atoms with E-state index >= 15 is 0 Å². The fourth-order valence-electron chi connectivity index (χ4n) is 3.16. The SMILES string of the molecule is Cc1ccn2ncc(C(=O)N3CCCCc4ccccc43)c2n1. The van der Waals surface area contributed by atoms with Crippen LogP contribution in [0.25, 0.3) is 5.65 Å². The van der Waals surface area contributed by atoms with E-state index in [0.717, 1.165) is 37.2 Å². The highest BCUT2D eigenvalue weighted by molar-refractivity contribution is 6.10. The van der Waals surface area contributed by atoms with Crippen molar-refractivity contribution in [1.82, 2.24) is 14.6 Å². The van der Waals surface area contributed by atoms with Gasteiger partial charge in [0.25, 0.3) is 5.91 Å². The van der Waals surface area contributed by atoms with Crippen molar-refractivity contribution in [2.24, 2.45) is 0 Å². The van der Waals surface area contributed by atoms with Crippen molar-refractivity contribution in [3.05, 3.63) is 59.5 Å². The minimum absolute atomic E-state index is 0.0209. The van der Waals surface area contributed by atoms with Crippen LogP contribution in [0.4, 0.5) is 5.69 Å². The second-order valence-electron chi connectivity index (χ2n) is 5.94. The van der Waals surface area contributed by atoms with Crippen molar-refractivity contribution >= 4 is 17.2 Å². The fraction of sp³-hybridized carbons (Fsp3) is 0.278. The Labute approximate surface area is 134 Å². The average molecular weight is 306 g/mol. The number of rotatable bonds is 1. The van der Waals surface area contributed by atoms with Crippen LogP contribution in [0.15, 0.2) is 42.7 Å². The third-order valence-corrected chi connectivity index (χ3v) is 4.34. The van der Waals surface area contributed by atoms with Crippen molar-refractivity contribution in [2.75, 3.05) is 11.4 Å². The van der Waals surface area contributed by atoms with E-state index in [2.05, 4.69) is 16.1 Å². The van der Waals surface area contributed by atoms with Gasteiger partial charge in [0.1, 0.15) is 5.56 Å². The Morgan fingerprint density at radius 3 is 2.96 bits per heavy atom. The van der Waals surface area contributed by atoms with Crippen molar-refractivity contribution < 1.29 is 4.79 Å². The Balaban J connectivity index is 1.80. The summed E-state index contributed by atoms with van der Waals surface area (Å²) >= 11 is 0. The largest absolute Gasteiger partial charge is 0.308 e. The summed E-state index contributed by atoms with van der Waals surface area (Å²) in [5.74, 6) is -0.0209. The molecule has 1 aliphatic heterocycles. The molecule has 1 amide bonds. The van der Waals surface area contributed by atoms with Crippen molar-refractivity contribution in [3.63, 3.8) is 0 Å². The Hall–Kier alpha value is -2.69. The van der Waals surface area contributed by atoms with E-state index in [1.165, 1.54) is 5.56 Å². The van der Waals surface area contributed by atoms with Gasteiger partial charge in [-0.1, -0.05) is 18.2 Å². The smallest absolute Gasteiger partial charge is 0.263 e. The molecule has 0 bridgehead atoms. The maximum atomic E-state index is 13.1. The van der Waals surface area contributed by atoms with Crippen molar-refractivity contribution in [1.29, 1.82) is 0 Å². The van der Waals surface area contributed by atoms with Gasteiger partial charge in [-0.15, -0.1) is 0 Å². The number of hydrogen-bond acceptors (Lipinski definition) is 3. The number of benzene rings is 1. The Morgan fingerprint density at radius 1 is 1.17 bits per heavy atom. The molecular weight excluding hydrogens is 288 g/mol. The van der Waals surface area contributed by atoms with Gasteiger partial charge in [-0.3, -0.25) is 4.79 Å². The number of aromatic nitrogens is 3. The van der Waals surface area contributed by atoms with Crippen LogP contribution in [-0.2, 0) is 6.42 Å². The van der Waals surface area contributed by atoms with E-state index in [4.69, 9.17) is 0 Å². The number of hydrogen-bond donors (Lipinski definition) is 0. The predicted octanol–water partition coefficient (Wildman–Crippen LogP) is 3.02. The monoisotopic (exact) mass is 306 g/mol. The summed E-state index contributed by atoms with van der Waals surface area (Å²) in [5.41, 5.74) is 4.31. The summed E-state index contributed by atoms with van der Waals surface area (Å²) in [4.78, 5) is 19.5. The quantitative estimate of drug-likeness (QED) is 0.694. The number of fused-ring (bicyclic) bond motifs is 2. The van der Waals surface area contributed by atoms with E-state index in [0.29, 0.717) is 11.2 Å². The molecule has 4 rings (SSSR count). The lowest BCUT2D eigenvalue weighted by Gasteiger charge is -2.22. The summed E-state index contributed by atoms with van der Waals surface area (Å²) in [6.07, 6.45) is 6.59. The average Bonchev–Trinajstić information content (AvgIpc) is 2.85. The zero-order valence-corrected chi connectivity index (χ0v) is 13.1. The first kappa shape index (κ1) is 13.9. The highest BCUT2D eigenvalue weighted by Crippen LogP contribution is 2.28. The van der Waals surface area contributed by atoms with E-state index in [-0.39, 0.29) is 5.91 Å². The van der Waals surface area contributed by atoms with Gasteiger partial charge in [-0.05, 0) is 43.9 Å². The molecule has 0 saturated carbocycles. The lowest BCUT2D eigenvalue weighted by Crippen LogP contribution is -2.31. The molecule has 3 aromatic rings. The zero-order chi connectivity index (χ0) is 15.8. The first-order valence-electron chi connectivity index (χ1n) is 7.95.